The molecule has 7 atom stereocenters. The molecular formula is C60H116O17P2. The molecule has 0 spiro atoms. The van der Waals surface area contributed by atoms with E-state index in [1.165, 1.54) is 70.6 Å². The number of aliphatic hydroxyl groups is 1. The summed E-state index contributed by atoms with van der Waals surface area (Å²) in [7, 11) is -9.88. The van der Waals surface area contributed by atoms with Crippen molar-refractivity contribution < 1.29 is 80.2 Å². The minimum Gasteiger partial charge on any atom is -0.462 e. The van der Waals surface area contributed by atoms with Crippen molar-refractivity contribution >= 4 is 39.5 Å². The molecule has 0 aromatic carbocycles. The average molecular weight is 1170 g/mol. The lowest BCUT2D eigenvalue weighted by atomic mass is 10.00. The van der Waals surface area contributed by atoms with Crippen molar-refractivity contribution in [2.45, 2.75) is 298 Å². The topological polar surface area (TPSA) is 237 Å². The molecule has 17 nitrogen and oxygen atoms in total. The second-order valence-corrected chi connectivity index (χ2v) is 26.1. The van der Waals surface area contributed by atoms with E-state index in [2.05, 4.69) is 55.4 Å². The molecule has 0 aliphatic rings. The number of aliphatic hydroxyl groups excluding tert-OH is 1. The standard InChI is InChI=1S/C60H116O17P2/c1-9-52(7)38-30-22-15-18-25-33-41-58(63)71-47-56(77-60(65)43-35-27-19-16-23-31-39-53(8)10-2)49-75-79(68,69)73-45-54(61)44-72-78(66,67)74-48-55(76-59(64)42-34-26-17-14-21-29-37-51(5)6)46-70-57(62)40-32-24-13-11-12-20-28-36-50(3)4/h50-56,61H,9-49H2,1-8H3,(H,66,67)(H,68,69)/t52?,53?,54-,55-,56-/m1/s1. The normalized spacial score (nSPS) is 15.3. The van der Waals surface area contributed by atoms with Gasteiger partial charge in [0.15, 0.2) is 12.2 Å². The second kappa shape index (κ2) is 50.6. The SMILES string of the molecule is CCC(C)CCCCCCCCC(=O)OC[C@H](COP(=O)(O)OC[C@H](O)COP(=O)(O)OC[C@@H](COC(=O)CCCCCCCCCC(C)C)OC(=O)CCCCCCCCC(C)C)OC(=O)CCCCCCCCC(C)CC. The summed E-state index contributed by atoms with van der Waals surface area (Å²) in [4.78, 5) is 71.9. The zero-order chi connectivity index (χ0) is 59.0. The van der Waals surface area contributed by atoms with E-state index in [0.717, 1.165) is 115 Å². The summed E-state index contributed by atoms with van der Waals surface area (Å²) in [5.74, 6) is 0.673. The lowest BCUT2D eigenvalue weighted by molar-refractivity contribution is -0.161. The number of phosphoric ester groups is 2. The summed E-state index contributed by atoms with van der Waals surface area (Å²) in [6.45, 7) is 13.8. The Balaban J connectivity index is 5.26. The van der Waals surface area contributed by atoms with Gasteiger partial charge in [0.2, 0.25) is 0 Å². The quantitative estimate of drug-likeness (QED) is 0.0222. The molecule has 0 fully saturated rings. The van der Waals surface area contributed by atoms with Crippen molar-refractivity contribution in [2.75, 3.05) is 39.6 Å². The molecule has 19 heteroatoms. The summed E-state index contributed by atoms with van der Waals surface area (Å²) < 4.78 is 67.7. The van der Waals surface area contributed by atoms with Gasteiger partial charge in [0.05, 0.1) is 26.4 Å². The van der Waals surface area contributed by atoms with Gasteiger partial charge in [0.1, 0.15) is 19.3 Å². The summed E-state index contributed by atoms with van der Waals surface area (Å²) in [5.41, 5.74) is 0. The molecule has 79 heavy (non-hydrogen) atoms. The van der Waals surface area contributed by atoms with Crippen LogP contribution in [-0.4, -0.2) is 96.7 Å². The third-order valence-corrected chi connectivity index (χ3v) is 16.2. The Morgan fingerprint density at radius 1 is 0.354 bits per heavy atom. The molecule has 0 rings (SSSR count). The Morgan fingerprint density at radius 3 is 0.899 bits per heavy atom. The van der Waals surface area contributed by atoms with E-state index in [1.807, 2.05) is 0 Å². The Bertz CT molecular complexity index is 1600. The Morgan fingerprint density at radius 2 is 0.608 bits per heavy atom. The predicted octanol–water partition coefficient (Wildman–Crippen LogP) is 15.8. The van der Waals surface area contributed by atoms with Crippen LogP contribution in [0.25, 0.3) is 0 Å². The first kappa shape index (κ1) is 77.1. The minimum absolute atomic E-state index is 0.100. The van der Waals surface area contributed by atoms with Crippen LogP contribution in [0.1, 0.15) is 280 Å². The van der Waals surface area contributed by atoms with Crippen LogP contribution in [0.3, 0.4) is 0 Å². The lowest BCUT2D eigenvalue weighted by Gasteiger charge is -2.21. The van der Waals surface area contributed by atoms with Crippen LogP contribution in [0.5, 0.6) is 0 Å². The van der Waals surface area contributed by atoms with E-state index < -0.39 is 97.5 Å². The van der Waals surface area contributed by atoms with Gasteiger partial charge in [-0.3, -0.25) is 37.3 Å². The van der Waals surface area contributed by atoms with Gasteiger partial charge < -0.3 is 33.8 Å². The second-order valence-electron chi connectivity index (χ2n) is 23.2. The van der Waals surface area contributed by atoms with Gasteiger partial charge in [0, 0.05) is 25.7 Å². The van der Waals surface area contributed by atoms with Gasteiger partial charge in [-0.25, -0.2) is 9.13 Å². The molecule has 0 aliphatic heterocycles. The maximum atomic E-state index is 12.9. The number of rotatable bonds is 57. The Hall–Kier alpha value is -1.94. The molecule has 4 unspecified atom stereocenters. The monoisotopic (exact) mass is 1170 g/mol. The summed E-state index contributed by atoms with van der Waals surface area (Å²) in [5, 5.41) is 10.5. The van der Waals surface area contributed by atoms with Crippen molar-refractivity contribution in [1.82, 2.24) is 0 Å². The van der Waals surface area contributed by atoms with E-state index in [9.17, 15) is 43.2 Å². The van der Waals surface area contributed by atoms with E-state index in [0.29, 0.717) is 37.5 Å². The van der Waals surface area contributed by atoms with Gasteiger partial charge in [-0.15, -0.1) is 0 Å². The van der Waals surface area contributed by atoms with Crippen LogP contribution in [0, 0.1) is 23.7 Å². The summed E-state index contributed by atoms with van der Waals surface area (Å²) in [6, 6.07) is 0. The molecule has 0 amide bonds. The smallest absolute Gasteiger partial charge is 0.462 e. The molecule has 0 saturated carbocycles. The highest BCUT2D eigenvalue weighted by molar-refractivity contribution is 7.47. The fourth-order valence-corrected chi connectivity index (χ4v) is 10.2. The Labute approximate surface area is 479 Å². The highest BCUT2D eigenvalue weighted by Crippen LogP contribution is 2.45. The molecule has 0 heterocycles. The van der Waals surface area contributed by atoms with Crippen molar-refractivity contribution in [2.24, 2.45) is 23.7 Å². The number of hydrogen-bond acceptors (Lipinski definition) is 15. The van der Waals surface area contributed by atoms with Gasteiger partial charge in [0.25, 0.3) is 0 Å². The number of phosphoric acid groups is 2. The fourth-order valence-electron chi connectivity index (χ4n) is 8.66. The summed E-state index contributed by atoms with van der Waals surface area (Å²) in [6.07, 6.45) is 28.3. The maximum Gasteiger partial charge on any atom is 0.472 e. The Kier molecular flexibility index (Phi) is 49.3. The van der Waals surface area contributed by atoms with Crippen LogP contribution in [0.4, 0.5) is 0 Å². The number of ether oxygens (including phenoxy) is 4. The van der Waals surface area contributed by atoms with Crippen LogP contribution >= 0.6 is 15.6 Å². The zero-order valence-electron chi connectivity index (χ0n) is 51.0. The first-order valence-electron chi connectivity index (χ1n) is 31.3. The van der Waals surface area contributed by atoms with Gasteiger partial charge in [-0.1, -0.05) is 229 Å². The number of esters is 4. The van der Waals surface area contributed by atoms with E-state index in [-0.39, 0.29) is 25.7 Å². The van der Waals surface area contributed by atoms with E-state index >= 15 is 0 Å². The van der Waals surface area contributed by atoms with Crippen molar-refractivity contribution in [3.8, 4) is 0 Å². The van der Waals surface area contributed by atoms with Crippen LogP contribution in [0.15, 0.2) is 0 Å². The van der Waals surface area contributed by atoms with Gasteiger partial charge in [-0.05, 0) is 49.4 Å². The molecule has 0 saturated heterocycles. The van der Waals surface area contributed by atoms with Crippen LogP contribution in [-0.2, 0) is 65.4 Å². The van der Waals surface area contributed by atoms with E-state index in [4.69, 9.17) is 37.0 Å². The first-order valence-corrected chi connectivity index (χ1v) is 34.3. The maximum absolute atomic E-state index is 12.9. The molecular weight excluding hydrogens is 1050 g/mol. The summed E-state index contributed by atoms with van der Waals surface area (Å²) >= 11 is 0. The third kappa shape index (κ3) is 52.6. The lowest BCUT2D eigenvalue weighted by Crippen LogP contribution is -2.30. The molecule has 0 aromatic rings. The number of hydrogen-bond donors (Lipinski definition) is 3. The average Bonchev–Trinajstić information content (AvgIpc) is 3.40. The van der Waals surface area contributed by atoms with Crippen molar-refractivity contribution in [3.05, 3.63) is 0 Å². The van der Waals surface area contributed by atoms with Crippen molar-refractivity contribution in [3.63, 3.8) is 0 Å². The molecule has 3 N–H and O–H groups in total. The van der Waals surface area contributed by atoms with Gasteiger partial charge >= 0.3 is 39.5 Å². The van der Waals surface area contributed by atoms with Crippen LogP contribution < -0.4 is 0 Å². The minimum atomic E-state index is -4.94. The molecule has 0 bridgehead atoms. The first-order chi connectivity index (χ1) is 37.7. The van der Waals surface area contributed by atoms with Crippen LogP contribution in [0.2, 0.25) is 0 Å². The zero-order valence-corrected chi connectivity index (χ0v) is 52.8. The third-order valence-electron chi connectivity index (χ3n) is 14.3. The molecule has 0 aromatic heterocycles. The molecule has 0 radical (unpaired) electrons. The predicted molar refractivity (Wildman–Crippen MR) is 312 cm³/mol. The number of unbranched alkanes of at least 4 members (excludes halogenated alkanes) is 21. The highest BCUT2D eigenvalue weighted by atomic mass is 31.2. The molecule has 468 valence electrons. The fraction of sp³-hybridized carbons (Fsp3) is 0.933. The van der Waals surface area contributed by atoms with Gasteiger partial charge in [-0.2, -0.15) is 0 Å². The largest absolute Gasteiger partial charge is 0.472 e. The van der Waals surface area contributed by atoms with Crippen molar-refractivity contribution in [1.29, 1.82) is 0 Å². The van der Waals surface area contributed by atoms with E-state index in [1.54, 1.807) is 0 Å². The number of carbonyl (C=O) groups excluding carboxylic acids is 4. The number of carbonyl (C=O) groups is 4. The highest BCUT2D eigenvalue weighted by Gasteiger charge is 2.30. The molecule has 0 aliphatic carbocycles.